The van der Waals surface area contributed by atoms with Crippen LogP contribution < -0.4 is 14.5 Å². The van der Waals surface area contributed by atoms with Crippen LogP contribution in [0.3, 0.4) is 0 Å². The number of fused-ring (bicyclic) bond motifs is 5. The van der Waals surface area contributed by atoms with E-state index in [0.717, 1.165) is 89.8 Å². The maximum Gasteiger partial charge on any atom is 0.138 e. The van der Waals surface area contributed by atoms with E-state index in [4.69, 9.17) is 4.74 Å². The second-order valence-electron chi connectivity index (χ2n) is 19.4. The number of hydrogen-bond donors (Lipinski definition) is 1. The zero-order valence-electron chi connectivity index (χ0n) is 40.9. The van der Waals surface area contributed by atoms with Gasteiger partial charge in [-0.2, -0.15) is 0 Å². The van der Waals surface area contributed by atoms with Gasteiger partial charge in [-0.15, -0.1) is 0 Å². The van der Waals surface area contributed by atoms with Crippen LogP contribution in [0.25, 0.3) is 55.3 Å². The molecule has 75 heavy (non-hydrogen) atoms. The summed E-state index contributed by atoms with van der Waals surface area (Å²) in [7, 11) is 0. The molecule has 14 rings (SSSR count). The van der Waals surface area contributed by atoms with Gasteiger partial charge in [0.05, 0.1) is 11.1 Å². The predicted octanol–water partition coefficient (Wildman–Crippen LogP) is 19.0. The lowest BCUT2D eigenvalue weighted by molar-refractivity contribution is 0.477. The Kier molecular flexibility index (Phi) is 10.5. The van der Waals surface area contributed by atoms with Gasteiger partial charge < -0.3 is 19.6 Å². The average Bonchev–Trinajstić information content (AvgIpc) is 3.87. The highest BCUT2D eigenvalue weighted by molar-refractivity contribution is 6.07. The van der Waals surface area contributed by atoms with Crippen molar-refractivity contribution >= 4 is 44.9 Å². The van der Waals surface area contributed by atoms with Crippen LogP contribution >= 0.6 is 0 Å². The molecule has 0 saturated carbocycles. The van der Waals surface area contributed by atoms with Gasteiger partial charge in [0, 0.05) is 51.0 Å². The maximum absolute atomic E-state index is 10.8. The van der Waals surface area contributed by atoms with Gasteiger partial charge in [-0.05, 0) is 146 Å². The number of ether oxygens (including phenoxy) is 1. The third-order valence-corrected chi connectivity index (χ3v) is 15.2. The van der Waals surface area contributed by atoms with Crippen LogP contribution in [0.5, 0.6) is 17.2 Å². The van der Waals surface area contributed by atoms with E-state index in [1.54, 1.807) is 6.07 Å². The van der Waals surface area contributed by atoms with Gasteiger partial charge in [0.25, 0.3) is 0 Å². The summed E-state index contributed by atoms with van der Waals surface area (Å²) in [5.74, 6) is 1.88. The molecule has 0 spiro atoms. The molecule has 0 aromatic heterocycles. The van der Waals surface area contributed by atoms with Crippen molar-refractivity contribution in [2.45, 2.75) is 5.41 Å². The van der Waals surface area contributed by atoms with Gasteiger partial charge >= 0.3 is 0 Å². The van der Waals surface area contributed by atoms with Crippen LogP contribution in [0.1, 0.15) is 22.3 Å². The number of phenolic OH excluding ortho intramolecular Hbond substituents is 1. The van der Waals surface area contributed by atoms with Crippen LogP contribution in [0, 0.1) is 0 Å². The first-order valence-electron chi connectivity index (χ1n) is 25.5. The lowest BCUT2D eigenvalue weighted by Crippen LogP contribution is -2.28. The van der Waals surface area contributed by atoms with E-state index in [-0.39, 0.29) is 5.75 Å². The molecule has 4 heteroatoms. The normalized spacial score (nSPS) is 12.5. The van der Waals surface area contributed by atoms with Gasteiger partial charge in [0.2, 0.25) is 0 Å². The third kappa shape index (κ3) is 7.29. The SMILES string of the molecule is Oc1ccccc1-c1cccc(-c2ccc(N(c3ccc4c(c3)C(c3ccccc3)(c3ccccc3)c3ccccc3-4)c3cc4c5c(cccc5c3)-c3cc(N(c5ccccc5)c5ccccc5)ccc3O4)cc2)c1. The first kappa shape index (κ1) is 43.9. The highest BCUT2D eigenvalue weighted by atomic mass is 16.5. The number of anilines is 6. The Bertz CT molecular complexity index is 4020. The summed E-state index contributed by atoms with van der Waals surface area (Å²) in [5.41, 5.74) is 19.1. The Morgan fingerprint density at radius 1 is 0.293 bits per heavy atom. The summed E-state index contributed by atoms with van der Waals surface area (Å²) in [6.07, 6.45) is 0. The number of phenols is 1. The number of hydrogen-bond acceptors (Lipinski definition) is 4. The van der Waals surface area contributed by atoms with E-state index in [9.17, 15) is 5.11 Å². The molecule has 12 aromatic rings. The lowest BCUT2D eigenvalue weighted by Gasteiger charge is -2.35. The van der Waals surface area contributed by atoms with E-state index >= 15 is 0 Å². The topological polar surface area (TPSA) is 35.9 Å². The monoisotopic (exact) mass is 960 g/mol. The van der Waals surface area contributed by atoms with Gasteiger partial charge in [0.1, 0.15) is 17.2 Å². The maximum atomic E-state index is 10.8. The smallest absolute Gasteiger partial charge is 0.138 e. The second kappa shape index (κ2) is 18.0. The second-order valence-corrected chi connectivity index (χ2v) is 19.4. The number of benzene rings is 12. The predicted molar refractivity (Wildman–Crippen MR) is 309 cm³/mol. The molecule has 1 aliphatic heterocycles. The Morgan fingerprint density at radius 3 is 1.53 bits per heavy atom. The molecular weight excluding hydrogens is 913 g/mol. The summed E-state index contributed by atoms with van der Waals surface area (Å²) in [4.78, 5) is 4.68. The standard InChI is InChI=1S/C71H48N2O2/c74-67-34-16-14-30-60(67)50-20-17-19-49(43-50)48-35-37-56(38-36-48)73(58-39-41-62-61-31-13-15-33-65(61)71(66(62)46-58,52-22-5-1-6-23-52)53-24-7-2-8-25-53)59-44-51-21-18-32-63-64-45-57(40-42-68(64)75-69(47-59)70(51)63)72(54-26-9-3-10-27-54)55-28-11-4-12-29-55/h1-47,74H. The largest absolute Gasteiger partial charge is 0.507 e. The number of nitrogens with zero attached hydrogens (tertiary/aromatic N) is 2. The molecule has 0 amide bonds. The van der Waals surface area contributed by atoms with Crippen molar-refractivity contribution in [2.24, 2.45) is 0 Å². The molecule has 12 aromatic carbocycles. The summed E-state index contributed by atoms with van der Waals surface area (Å²) in [5, 5.41) is 12.9. The molecule has 354 valence electrons. The van der Waals surface area contributed by atoms with Crippen molar-refractivity contribution < 1.29 is 9.84 Å². The van der Waals surface area contributed by atoms with Crippen LogP contribution in [-0.4, -0.2) is 5.11 Å². The number of aromatic hydroxyl groups is 1. The van der Waals surface area contributed by atoms with E-state index in [1.807, 2.05) is 24.3 Å². The molecule has 4 nitrogen and oxygen atoms in total. The highest BCUT2D eigenvalue weighted by Crippen LogP contribution is 2.58. The first-order chi connectivity index (χ1) is 37.1. The minimum absolute atomic E-state index is 0.262. The lowest BCUT2D eigenvalue weighted by atomic mass is 9.67. The van der Waals surface area contributed by atoms with Crippen LogP contribution in [-0.2, 0) is 5.41 Å². The zero-order valence-corrected chi connectivity index (χ0v) is 40.9. The van der Waals surface area contributed by atoms with Crippen molar-refractivity contribution in [1.82, 2.24) is 0 Å². The Balaban J connectivity index is 0.943. The number of rotatable bonds is 10. The minimum Gasteiger partial charge on any atom is -0.507 e. The molecule has 0 bridgehead atoms. The highest BCUT2D eigenvalue weighted by Gasteiger charge is 2.46. The van der Waals surface area contributed by atoms with E-state index < -0.39 is 5.41 Å². The van der Waals surface area contributed by atoms with E-state index in [1.165, 1.54) is 33.4 Å². The molecule has 0 fully saturated rings. The fraction of sp³-hybridized carbons (Fsp3) is 0.0141. The summed E-state index contributed by atoms with van der Waals surface area (Å²) < 4.78 is 7.09. The molecule has 1 aliphatic carbocycles. The molecular formula is C71H48N2O2. The van der Waals surface area contributed by atoms with Gasteiger partial charge in [-0.1, -0.05) is 194 Å². The van der Waals surface area contributed by atoms with Gasteiger partial charge in [-0.3, -0.25) is 0 Å². The van der Waals surface area contributed by atoms with Crippen LogP contribution in [0.15, 0.2) is 285 Å². The zero-order chi connectivity index (χ0) is 49.9. The summed E-state index contributed by atoms with van der Waals surface area (Å²) >= 11 is 0. The van der Waals surface area contributed by atoms with Crippen molar-refractivity contribution in [2.75, 3.05) is 9.80 Å². The average molecular weight is 961 g/mol. The van der Waals surface area contributed by atoms with Crippen molar-refractivity contribution in [3.63, 3.8) is 0 Å². The molecule has 2 aliphatic rings. The molecule has 1 N–H and O–H groups in total. The van der Waals surface area contributed by atoms with Crippen LogP contribution in [0.4, 0.5) is 34.1 Å². The van der Waals surface area contributed by atoms with Crippen molar-refractivity contribution in [3.8, 4) is 61.8 Å². The summed E-state index contributed by atoms with van der Waals surface area (Å²) in [6.45, 7) is 0. The Morgan fingerprint density at radius 2 is 0.827 bits per heavy atom. The third-order valence-electron chi connectivity index (χ3n) is 15.2. The Labute approximate surface area is 436 Å². The van der Waals surface area contributed by atoms with Crippen molar-refractivity contribution in [3.05, 3.63) is 307 Å². The van der Waals surface area contributed by atoms with E-state index in [0.29, 0.717) is 0 Å². The van der Waals surface area contributed by atoms with Gasteiger partial charge in [-0.25, -0.2) is 0 Å². The summed E-state index contributed by atoms with van der Waals surface area (Å²) in [6, 6.07) is 101. The van der Waals surface area contributed by atoms with Crippen molar-refractivity contribution in [1.29, 1.82) is 0 Å². The minimum atomic E-state index is -0.579. The van der Waals surface area contributed by atoms with Crippen LogP contribution in [0.2, 0.25) is 0 Å². The molecule has 1 heterocycles. The molecule has 0 unspecified atom stereocenters. The van der Waals surface area contributed by atoms with E-state index in [2.05, 4.69) is 265 Å². The molecule has 0 atom stereocenters. The van der Waals surface area contributed by atoms with Gasteiger partial charge in [0.15, 0.2) is 0 Å². The fourth-order valence-corrected chi connectivity index (χ4v) is 11.9. The number of para-hydroxylation sites is 3. The Hall–Kier alpha value is -9.90. The molecule has 0 radical (unpaired) electrons. The quantitative estimate of drug-likeness (QED) is 0.148. The molecule has 0 saturated heterocycles. The first-order valence-corrected chi connectivity index (χ1v) is 25.5. The fourth-order valence-electron chi connectivity index (χ4n) is 11.9.